The van der Waals surface area contributed by atoms with Crippen molar-refractivity contribution in [3.63, 3.8) is 0 Å². The van der Waals surface area contributed by atoms with Crippen molar-refractivity contribution in [3.05, 3.63) is 0 Å². The van der Waals surface area contributed by atoms with E-state index in [1.165, 1.54) is 32.1 Å². The summed E-state index contributed by atoms with van der Waals surface area (Å²) < 4.78 is 11.1. The average molecular weight is 567 g/mol. The second-order valence-corrected chi connectivity index (χ2v) is 15.9. The SMILES string of the molecule is CCCCOC(=O)CCCCCCCCC(CC(C)(C)C(C)(C)C(CC(C)(C)C)C(=O)OCCCC)C(C)(C)C. The minimum absolute atomic E-state index is 0.0111. The van der Waals surface area contributed by atoms with Gasteiger partial charge >= 0.3 is 11.9 Å². The summed E-state index contributed by atoms with van der Waals surface area (Å²) in [7, 11) is 0. The van der Waals surface area contributed by atoms with E-state index in [2.05, 4.69) is 83.1 Å². The van der Waals surface area contributed by atoms with Crippen molar-refractivity contribution >= 4 is 11.9 Å². The molecule has 0 aromatic rings. The van der Waals surface area contributed by atoms with Crippen molar-refractivity contribution in [2.24, 2.45) is 33.5 Å². The molecule has 0 aliphatic rings. The molecule has 0 saturated carbocycles. The van der Waals surface area contributed by atoms with Gasteiger partial charge in [0.05, 0.1) is 19.1 Å². The van der Waals surface area contributed by atoms with Crippen LogP contribution >= 0.6 is 0 Å². The Labute approximate surface area is 250 Å². The second kappa shape index (κ2) is 18.5. The molecule has 0 rings (SSSR count). The van der Waals surface area contributed by atoms with Crippen LogP contribution in [0.5, 0.6) is 0 Å². The average Bonchev–Trinajstić information content (AvgIpc) is 2.82. The number of hydrogen-bond donors (Lipinski definition) is 0. The molecule has 0 heterocycles. The molecule has 0 aromatic heterocycles. The van der Waals surface area contributed by atoms with Crippen molar-refractivity contribution in [2.75, 3.05) is 13.2 Å². The van der Waals surface area contributed by atoms with Crippen molar-refractivity contribution in [2.45, 2.75) is 173 Å². The Balaban J connectivity index is 5.07. The lowest BCUT2D eigenvalue weighted by molar-refractivity contribution is -0.160. The normalized spacial score (nSPS) is 14.6. The molecule has 0 saturated heterocycles. The minimum atomic E-state index is -0.190. The van der Waals surface area contributed by atoms with E-state index in [9.17, 15) is 9.59 Å². The van der Waals surface area contributed by atoms with Crippen molar-refractivity contribution in [3.8, 4) is 0 Å². The molecule has 0 bridgehead atoms. The highest BCUT2D eigenvalue weighted by molar-refractivity contribution is 5.73. The van der Waals surface area contributed by atoms with Gasteiger partial charge in [-0.3, -0.25) is 9.59 Å². The molecule has 0 aromatic carbocycles. The third-order valence-electron chi connectivity index (χ3n) is 9.38. The molecule has 0 aliphatic carbocycles. The number of carbonyl (C=O) groups is 2. The van der Waals surface area contributed by atoms with Gasteiger partial charge in [-0.15, -0.1) is 0 Å². The fourth-order valence-corrected chi connectivity index (χ4v) is 5.62. The van der Waals surface area contributed by atoms with Crippen LogP contribution in [0.2, 0.25) is 0 Å². The molecule has 2 atom stereocenters. The molecular weight excluding hydrogens is 496 g/mol. The van der Waals surface area contributed by atoms with Crippen LogP contribution in [0.1, 0.15) is 173 Å². The largest absolute Gasteiger partial charge is 0.466 e. The maximum Gasteiger partial charge on any atom is 0.309 e. The number of rotatable bonds is 21. The van der Waals surface area contributed by atoms with E-state index >= 15 is 0 Å². The van der Waals surface area contributed by atoms with Gasteiger partial charge in [0, 0.05) is 6.42 Å². The summed E-state index contributed by atoms with van der Waals surface area (Å²) in [5, 5.41) is 0. The molecule has 0 amide bonds. The summed E-state index contributed by atoms with van der Waals surface area (Å²) in [6.45, 7) is 28.6. The summed E-state index contributed by atoms with van der Waals surface area (Å²) in [5.41, 5.74) is 0.0639. The standard InChI is InChI=1S/C36H70O4/c1-13-15-25-39-31(37)24-22-20-18-17-19-21-23-29(34(6,7)8)27-35(9,10)36(11,12)30(28-33(3,4)5)32(38)40-26-16-14-2/h29-30H,13-28H2,1-12H3. The predicted octanol–water partition coefficient (Wildman–Crippen LogP) is 11.0. The Hall–Kier alpha value is -1.06. The molecule has 0 spiro atoms. The van der Waals surface area contributed by atoms with E-state index in [-0.39, 0.29) is 39.5 Å². The van der Waals surface area contributed by atoms with Gasteiger partial charge in [0.15, 0.2) is 0 Å². The Bertz CT molecular complexity index is 693. The number of hydrogen-bond acceptors (Lipinski definition) is 4. The first-order valence-electron chi connectivity index (χ1n) is 16.7. The number of ether oxygens (including phenoxy) is 2. The molecule has 40 heavy (non-hydrogen) atoms. The highest BCUT2D eigenvalue weighted by Gasteiger charge is 2.49. The Morgan fingerprint density at radius 3 is 1.62 bits per heavy atom. The lowest BCUT2D eigenvalue weighted by Gasteiger charge is -2.50. The van der Waals surface area contributed by atoms with Gasteiger partial charge in [0.2, 0.25) is 0 Å². The number of unbranched alkanes of at least 4 members (excludes halogenated alkanes) is 7. The van der Waals surface area contributed by atoms with Crippen LogP contribution in [0.15, 0.2) is 0 Å². The lowest BCUT2D eigenvalue weighted by Crippen LogP contribution is -2.46. The summed E-state index contributed by atoms with van der Waals surface area (Å²) in [6.07, 6.45) is 14.6. The van der Waals surface area contributed by atoms with Crippen LogP contribution in [0, 0.1) is 33.5 Å². The molecule has 0 N–H and O–H groups in total. The van der Waals surface area contributed by atoms with E-state index in [1.807, 2.05) is 0 Å². The van der Waals surface area contributed by atoms with Crippen molar-refractivity contribution in [1.29, 1.82) is 0 Å². The topological polar surface area (TPSA) is 52.6 Å². The number of carbonyl (C=O) groups excluding carboxylic acids is 2. The molecule has 238 valence electrons. The van der Waals surface area contributed by atoms with Crippen molar-refractivity contribution in [1.82, 2.24) is 0 Å². The lowest BCUT2D eigenvalue weighted by atomic mass is 9.54. The van der Waals surface area contributed by atoms with E-state index < -0.39 is 0 Å². The van der Waals surface area contributed by atoms with Crippen LogP contribution in [0.25, 0.3) is 0 Å². The Kier molecular flexibility index (Phi) is 18.0. The van der Waals surface area contributed by atoms with Gasteiger partial charge in [0.25, 0.3) is 0 Å². The predicted molar refractivity (Wildman–Crippen MR) is 171 cm³/mol. The second-order valence-electron chi connectivity index (χ2n) is 15.9. The molecule has 2 unspecified atom stereocenters. The zero-order chi connectivity index (χ0) is 31.0. The van der Waals surface area contributed by atoms with Gasteiger partial charge in [-0.1, -0.05) is 128 Å². The van der Waals surface area contributed by atoms with Gasteiger partial charge in [0.1, 0.15) is 0 Å². The third-order valence-corrected chi connectivity index (χ3v) is 9.38. The highest BCUT2D eigenvalue weighted by Crippen LogP contribution is 2.54. The Morgan fingerprint density at radius 1 is 0.625 bits per heavy atom. The fraction of sp³-hybridized carbons (Fsp3) is 0.944. The fourth-order valence-electron chi connectivity index (χ4n) is 5.62. The van der Waals surface area contributed by atoms with Crippen LogP contribution in [-0.4, -0.2) is 25.2 Å². The van der Waals surface area contributed by atoms with E-state index in [0.29, 0.717) is 25.6 Å². The first kappa shape index (κ1) is 38.9. The van der Waals surface area contributed by atoms with E-state index in [1.54, 1.807) is 0 Å². The monoisotopic (exact) mass is 567 g/mol. The first-order chi connectivity index (χ1) is 18.4. The molecule has 0 aliphatic heterocycles. The van der Waals surface area contributed by atoms with Crippen LogP contribution < -0.4 is 0 Å². The minimum Gasteiger partial charge on any atom is -0.466 e. The summed E-state index contributed by atoms with van der Waals surface area (Å²) in [4.78, 5) is 25.2. The summed E-state index contributed by atoms with van der Waals surface area (Å²) >= 11 is 0. The quantitative estimate of drug-likeness (QED) is 0.102. The van der Waals surface area contributed by atoms with E-state index in [0.717, 1.165) is 51.4 Å². The molecule has 4 nitrogen and oxygen atoms in total. The third kappa shape index (κ3) is 15.8. The maximum atomic E-state index is 13.4. The highest BCUT2D eigenvalue weighted by atomic mass is 16.5. The van der Waals surface area contributed by atoms with Gasteiger partial charge in [-0.2, -0.15) is 0 Å². The van der Waals surface area contributed by atoms with Crippen LogP contribution in [0.4, 0.5) is 0 Å². The Morgan fingerprint density at radius 2 is 1.12 bits per heavy atom. The van der Waals surface area contributed by atoms with Gasteiger partial charge in [-0.25, -0.2) is 0 Å². The summed E-state index contributed by atoms with van der Waals surface area (Å²) in [6, 6.07) is 0. The van der Waals surface area contributed by atoms with Crippen LogP contribution in [-0.2, 0) is 19.1 Å². The maximum absolute atomic E-state index is 13.4. The molecular formula is C36H70O4. The molecule has 0 fully saturated rings. The molecule has 0 radical (unpaired) electrons. The van der Waals surface area contributed by atoms with E-state index in [4.69, 9.17) is 9.47 Å². The van der Waals surface area contributed by atoms with Crippen molar-refractivity contribution < 1.29 is 19.1 Å². The van der Waals surface area contributed by atoms with Crippen LogP contribution in [0.3, 0.4) is 0 Å². The van der Waals surface area contributed by atoms with Gasteiger partial charge < -0.3 is 9.47 Å². The zero-order valence-corrected chi connectivity index (χ0v) is 29.1. The molecule has 4 heteroatoms. The summed E-state index contributed by atoms with van der Waals surface area (Å²) in [5.74, 6) is 0.420. The number of esters is 2. The van der Waals surface area contributed by atoms with Gasteiger partial charge in [-0.05, 0) is 66.1 Å². The zero-order valence-electron chi connectivity index (χ0n) is 29.1. The smallest absolute Gasteiger partial charge is 0.309 e. The first-order valence-corrected chi connectivity index (χ1v) is 16.7.